The van der Waals surface area contributed by atoms with Crippen LogP contribution >= 0.6 is 0 Å². The van der Waals surface area contributed by atoms with Crippen LogP contribution in [0.1, 0.15) is 31.4 Å². The molecule has 0 heterocycles. The summed E-state index contributed by atoms with van der Waals surface area (Å²) in [5.74, 6) is -4.76. The number of primary amides is 1. The van der Waals surface area contributed by atoms with Crippen molar-refractivity contribution in [3.8, 4) is 5.75 Å². The van der Waals surface area contributed by atoms with Crippen molar-refractivity contribution in [3.63, 3.8) is 0 Å². The molecule has 0 spiro atoms. The van der Waals surface area contributed by atoms with E-state index < -0.39 is 60.2 Å². The number of aromatic hydroxyl groups is 1. The highest BCUT2D eigenvalue weighted by molar-refractivity contribution is 5.95. The summed E-state index contributed by atoms with van der Waals surface area (Å²) in [5, 5.41) is 26.5. The molecule has 4 unspecified atom stereocenters. The number of carbonyl (C=O) groups excluding carboxylic acids is 4. The van der Waals surface area contributed by atoms with Gasteiger partial charge in [-0.05, 0) is 29.2 Å². The molecule has 4 atom stereocenters. The van der Waals surface area contributed by atoms with E-state index in [2.05, 4.69) is 16.0 Å². The van der Waals surface area contributed by atoms with Crippen molar-refractivity contribution in [2.75, 3.05) is 0 Å². The van der Waals surface area contributed by atoms with Gasteiger partial charge in [0.1, 0.15) is 23.9 Å². The Labute approximate surface area is 226 Å². The van der Waals surface area contributed by atoms with Crippen molar-refractivity contribution in [2.24, 2.45) is 17.4 Å². The Hall–Kier alpha value is -4.45. The van der Waals surface area contributed by atoms with Crippen LogP contribution in [-0.2, 0) is 36.8 Å². The highest BCUT2D eigenvalue weighted by atomic mass is 16.4. The molecule has 0 aliphatic heterocycles. The largest absolute Gasteiger partial charge is 0.508 e. The Balaban J connectivity index is 2.33. The molecule has 0 saturated carbocycles. The predicted octanol–water partition coefficient (Wildman–Crippen LogP) is -0.425. The molecular formula is C27H35N5O7. The minimum atomic E-state index is -1.61. The van der Waals surface area contributed by atoms with Gasteiger partial charge in [0, 0.05) is 12.8 Å². The lowest BCUT2D eigenvalue weighted by atomic mass is 10.0. The smallest absolute Gasteiger partial charge is 0.326 e. The van der Waals surface area contributed by atoms with E-state index >= 15 is 0 Å². The van der Waals surface area contributed by atoms with E-state index in [0.717, 1.165) is 5.56 Å². The fraction of sp³-hybridized carbons (Fsp3) is 0.370. The lowest BCUT2D eigenvalue weighted by Gasteiger charge is -2.26. The van der Waals surface area contributed by atoms with Crippen molar-refractivity contribution in [2.45, 2.75) is 57.3 Å². The molecule has 9 N–H and O–H groups in total. The van der Waals surface area contributed by atoms with Crippen LogP contribution in [0, 0.1) is 5.92 Å². The van der Waals surface area contributed by atoms with Gasteiger partial charge in [0.15, 0.2) is 0 Å². The maximum absolute atomic E-state index is 13.5. The SMILES string of the molecule is CC(C)C(N)C(=O)NC(Cc1ccccc1)C(=O)NC(Cc1ccc(O)cc1)C(=O)NC(CC(N)=O)C(=O)O. The van der Waals surface area contributed by atoms with Crippen molar-refractivity contribution in [1.82, 2.24) is 16.0 Å². The highest BCUT2D eigenvalue weighted by Crippen LogP contribution is 2.13. The molecule has 39 heavy (non-hydrogen) atoms. The van der Waals surface area contributed by atoms with Gasteiger partial charge in [-0.2, -0.15) is 0 Å². The Kier molecular flexibility index (Phi) is 11.4. The van der Waals surface area contributed by atoms with Crippen molar-refractivity contribution >= 4 is 29.6 Å². The number of phenolic OH excluding ortho intramolecular Hbond substituents is 1. The number of nitrogens with two attached hydrogens (primary N) is 2. The van der Waals surface area contributed by atoms with Crippen molar-refractivity contribution in [3.05, 3.63) is 65.7 Å². The number of hydrogen-bond acceptors (Lipinski definition) is 7. The number of carboxylic acid groups (broad SMARTS) is 1. The summed E-state index contributed by atoms with van der Waals surface area (Å²) in [5.41, 5.74) is 12.4. The second-order valence-corrected chi connectivity index (χ2v) is 9.52. The first-order chi connectivity index (χ1) is 18.4. The Morgan fingerprint density at radius 2 is 1.21 bits per heavy atom. The van der Waals surface area contributed by atoms with E-state index in [4.69, 9.17) is 11.5 Å². The summed E-state index contributed by atoms with van der Waals surface area (Å²) in [6, 6.07) is 9.85. The molecule has 0 bridgehead atoms. The first kappa shape index (κ1) is 30.8. The van der Waals surface area contributed by atoms with Crippen LogP contribution < -0.4 is 27.4 Å². The second kappa shape index (κ2) is 14.5. The molecule has 2 aromatic rings. The van der Waals surface area contributed by atoms with E-state index in [1.165, 1.54) is 24.3 Å². The van der Waals surface area contributed by atoms with Gasteiger partial charge < -0.3 is 37.6 Å². The van der Waals surface area contributed by atoms with Crippen LogP contribution in [-0.4, -0.2) is 64.0 Å². The first-order valence-corrected chi connectivity index (χ1v) is 12.4. The van der Waals surface area contributed by atoms with Gasteiger partial charge in [0.2, 0.25) is 23.6 Å². The Bertz CT molecular complexity index is 1150. The van der Waals surface area contributed by atoms with Crippen LogP contribution in [0.25, 0.3) is 0 Å². The third kappa shape index (κ3) is 10.1. The zero-order valence-electron chi connectivity index (χ0n) is 21.8. The first-order valence-electron chi connectivity index (χ1n) is 12.4. The molecule has 0 radical (unpaired) electrons. The topological polar surface area (TPSA) is 214 Å². The molecular weight excluding hydrogens is 506 g/mol. The summed E-state index contributed by atoms with van der Waals surface area (Å²) in [7, 11) is 0. The maximum Gasteiger partial charge on any atom is 0.326 e. The highest BCUT2D eigenvalue weighted by Gasteiger charge is 2.31. The standard InChI is InChI=1S/C27H35N5O7/c1-15(2)23(29)26(37)31-20(12-16-6-4-3-5-7-16)24(35)30-19(13-17-8-10-18(33)11-9-17)25(36)32-21(27(38)39)14-22(28)34/h3-11,15,19-21,23,33H,12-14,29H2,1-2H3,(H2,28,34)(H,30,35)(H,31,37)(H,32,36)(H,38,39). The third-order valence-electron chi connectivity index (χ3n) is 5.97. The lowest BCUT2D eigenvalue weighted by Crippen LogP contribution is -2.58. The van der Waals surface area contributed by atoms with Gasteiger partial charge in [-0.25, -0.2) is 4.79 Å². The van der Waals surface area contributed by atoms with Crippen molar-refractivity contribution in [1.29, 1.82) is 0 Å². The van der Waals surface area contributed by atoms with Crippen LogP contribution in [0.2, 0.25) is 0 Å². The van der Waals surface area contributed by atoms with Crippen LogP contribution in [0.3, 0.4) is 0 Å². The number of hydrogen-bond donors (Lipinski definition) is 7. The number of rotatable bonds is 14. The number of nitrogens with one attached hydrogen (secondary N) is 3. The fourth-order valence-electron chi connectivity index (χ4n) is 3.65. The average molecular weight is 542 g/mol. The van der Waals surface area contributed by atoms with Gasteiger partial charge >= 0.3 is 5.97 Å². The van der Waals surface area contributed by atoms with Crippen LogP contribution in [0.15, 0.2) is 54.6 Å². The summed E-state index contributed by atoms with van der Waals surface area (Å²) in [6.07, 6.45) is -0.644. The van der Waals surface area contributed by atoms with Gasteiger partial charge in [0.25, 0.3) is 0 Å². The van der Waals surface area contributed by atoms with E-state index in [9.17, 15) is 34.2 Å². The molecule has 210 valence electrons. The number of aliphatic carboxylic acids is 1. The number of benzene rings is 2. The van der Waals surface area contributed by atoms with Gasteiger partial charge in [-0.3, -0.25) is 19.2 Å². The summed E-state index contributed by atoms with van der Waals surface area (Å²) in [4.78, 5) is 62.2. The normalized spacial score (nSPS) is 13.9. The van der Waals surface area contributed by atoms with Crippen molar-refractivity contribution < 1.29 is 34.2 Å². The number of carbonyl (C=O) groups is 5. The second-order valence-electron chi connectivity index (χ2n) is 9.52. The molecule has 0 aliphatic rings. The average Bonchev–Trinajstić information content (AvgIpc) is 2.88. The fourth-order valence-corrected chi connectivity index (χ4v) is 3.65. The zero-order chi connectivity index (χ0) is 29.1. The van der Waals surface area contributed by atoms with E-state index in [0.29, 0.717) is 5.56 Å². The summed E-state index contributed by atoms with van der Waals surface area (Å²) >= 11 is 0. The predicted molar refractivity (Wildman–Crippen MR) is 142 cm³/mol. The number of carboxylic acids is 1. The van der Waals surface area contributed by atoms with Gasteiger partial charge in [-0.1, -0.05) is 56.3 Å². The summed E-state index contributed by atoms with van der Waals surface area (Å²) < 4.78 is 0. The molecule has 0 aliphatic carbocycles. The van der Waals surface area contributed by atoms with Gasteiger partial charge in [0.05, 0.1) is 12.5 Å². The molecule has 2 aromatic carbocycles. The summed E-state index contributed by atoms with van der Waals surface area (Å²) in [6.45, 7) is 3.53. The van der Waals surface area contributed by atoms with E-state index in [-0.39, 0.29) is 24.5 Å². The van der Waals surface area contributed by atoms with E-state index in [1.54, 1.807) is 44.2 Å². The number of amides is 4. The molecule has 12 heteroatoms. The minimum absolute atomic E-state index is 0.0108. The van der Waals surface area contributed by atoms with Crippen LogP contribution in [0.5, 0.6) is 5.75 Å². The quantitative estimate of drug-likeness (QED) is 0.166. The Morgan fingerprint density at radius 1 is 0.744 bits per heavy atom. The van der Waals surface area contributed by atoms with E-state index in [1.807, 2.05) is 0 Å². The zero-order valence-corrected chi connectivity index (χ0v) is 21.8. The molecule has 0 fully saturated rings. The maximum atomic E-state index is 13.5. The van der Waals surface area contributed by atoms with Gasteiger partial charge in [-0.15, -0.1) is 0 Å². The molecule has 4 amide bonds. The monoisotopic (exact) mass is 541 g/mol. The molecule has 2 rings (SSSR count). The third-order valence-corrected chi connectivity index (χ3v) is 5.97. The molecule has 0 aromatic heterocycles. The molecule has 12 nitrogen and oxygen atoms in total. The lowest BCUT2D eigenvalue weighted by molar-refractivity contribution is -0.143. The minimum Gasteiger partial charge on any atom is -0.508 e. The Morgan fingerprint density at radius 3 is 1.67 bits per heavy atom. The van der Waals surface area contributed by atoms with Crippen LogP contribution in [0.4, 0.5) is 0 Å². The number of phenols is 1. The molecule has 0 saturated heterocycles.